The fourth-order valence-electron chi connectivity index (χ4n) is 4.69. The summed E-state index contributed by atoms with van der Waals surface area (Å²) in [6.45, 7) is 2.20. The molecule has 1 saturated carbocycles. The van der Waals surface area contributed by atoms with Crippen LogP contribution in [0.15, 0.2) is 24.3 Å². The Hall–Kier alpha value is -1.65. The number of rotatable bonds is 5. The second-order valence-corrected chi connectivity index (χ2v) is 8.85. The maximum atomic E-state index is 12.6. The first-order valence-electron chi connectivity index (χ1n) is 10.8. The Morgan fingerprint density at radius 1 is 1.04 bits per heavy atom. The molecule has 1 amide bonds. The predicted octanol–water partition coefficient (Wildman–Crippen LogP) is 5.34. The van der Waals surface area contributed by atoms with E-state index in [1.165, 1.54) is 32.1 Å². The number of hydrogen-bond acceptors (Lipinski definition) is 3. The van der Waals surface area contributed by atoms with Crippen molar-refractivity contribution in [1.82, 2.24) is 10.3 Å². The molecule has 5 heteroatoms. The number of benzene rings is 1. The van der Waals surface area contributed by atoms with E-state index >= 15 is 0 Å². The molecule has 1 aliphatic heterocycles. The Morgan fingerprint density at radius 2 is 1.82 bits per heavy atom. The van der Waals surface area contributed by atoms with Gasteiger partial charge in [-0.3, -0.25) is 9.78 Å². The zero-order valence-electron chi connectivity index (χ0n) is 16.5. The zero-order valence-corrected chi connectivity index (χ0v) is 17.2. The number of carbonyl (C=O) groups is 1. The minimum Gasteiger partial charge on any atom is -0.324 e. The van der Waals surface area contributed by atoms with Crippen LogP contribution in [0, 0.1) is 11.8 Å². The molecule has 0 radical (unpaired) electrons. The normalized spacial score (nSPS) is 19.0. The lowest BCUT2D eigenvalue weighted by Crippen LogP contribution is -2.28. The first kappa shape index (κ1) is 19.7. The number of pyridine rings is 1. The van der Waals surface area contributed by atoms with Crippen molar-refractivity contribution in [3.05, 3.63) is 35.0 Å². The van der Waals surface area contributed by atoms with Gasteiger partial charge in [0, 0.05) is 17.5 Å². The third kappa shape index (κ3) is 4.84. The van der Waals surface area contributed by atoms with Crippen molar-refractivity contribution in [3.63, 3.8) is 0 Å². The third-order valence-corrected chi connectivity index (χ3v) is 6.61. The molecule has 0 bridgehead atoms. The van der Waals surface area contributed by atoms with Crippen LogP contribution < -0.4 is 10.6 Å². The van der Waals surface area contributed by atoms with Crippen molar-refractivity contribution in [2.45, 2.75) is 57.8 Å². The summed E-state index contributed by atoms with van der Waals surface area (Å²) in [5.74, 6) is 1.28. The van der Waals surface area contributed by atoms with Crippen molar-refractivity contribution in [3.8, 4) is 0 Å². The predicted molar refractivity (Wildman–Crippen MR) is 116 cm³/mol. The Bertz CT molecular complexity index is 826. The summed E-state index contributed by atoms with van der Waals surface area (Å²) in [5.41, 5.74) is 2.74. The van der Waals surface area contributed by atoms with E-state index < -0.39 is 0 Å². The summed E-state index contributed by atoms with van der Waals surface area (Å²) in [5, 5.41) is 8.01. The summed E-state index contributed by atoms with van der Waals surface area (Å²) in [6.07, 6.45) is 10.2. The molecule has 1 saturated heterocycles. The van der Waals surface area contributed by atoms with Gasteiger partial charge in [0.15, 0.2) is 0 Å². The van der Waals surface area contributed by atoms with Crippen molar-refractivity contribution in [1.29, 1.82) is 0 Å². The van der Waals surface area contributed by atoms with Crippen molar-refractivity contribution in [2.75, 3.05) is 18.4 Å². The van der Waals surface area contributed by atoms with Gasteiger partial charge in [0.1, 0.15) is 0 Å². The van der Waals surface area contributed by atoms with E-state index in [9.17, 15) is 4.79 Å². The average molecular weight is 400 g/mol. The van der Waals surface area contributed by atoms with Crippen LogP contribution in [0.1, 0.15) is 57.1 Å². The lowest BCUT2D eigenvalue weighted by Gasteiger charge is -2.22. The van der Waals surface area contributed by atoms with E-state index in [1.807, 2.05) is 12.1 Å². The number of halogens is 1. The standard InChI is InChI=1S/C23H30ClN3O/c24-20-8-9-21-19(7-6-18(26-21)14-17-10-12-25-13-11-17)23(20)27-22(28)15-16-4-2-1-3-5-16/h6-9,16-17,25H,1-5,10-15H2,(H,27,28). The Kier molecular flexibility index (Phi) is 6.48. The number of nitrogens with one attached hydrogen (secondary N) is 2. The SMILES string of the molecule is O=C(CC1CCCCC1)Nc1c(Cl)ccc2nc(CC3CCNCC3)ccc12. The number of nitrogens with zero attached hydrogens (tertiary/aromatic N) is 1. The van der Waals surface area contributed by atoms with Gasteiger partial charge in [-0.25, -0.2) is 0 Å². The molecule has 2 aromatic rings. The molecule has 4 nitrogen and oxygen atoms in total. The van der Waals surface area contributed by atoms with Gasteiger partial charge in [-0.15, -0.1) is 0 Å². The number of anilines is 1. The van der Waals surface area contributed by atoms with E-state index in [2.05, 4.69) is 22.8 Å². The summed E-state index contributed by atoms with van der Waals surface area (Å²) >= 11 is 6.44. The fourth-order valence-corrected chi connectivity index (χ4v) is 4.90. The molecule has 0 spiro atoms. The van der Waals surface area contributed by atoms with E-state index in [4.69, 9.17) is 16.6 Å². The van der Waals surface area contributed by atoms with E-state index in [-0.39, 0.29) is 5.91 Å². The Labute approximate surface area is 172 Å². The lowest BCUT2D eigenvalue weighted by molar-refractivity contribution is -0.117. The van der Waals surface area contributed by atoms with Crippen LogP contribution in [0.2, 0.25) is 5.02 Å². The number of amides is 1. The van der Waals surface area contributed by atoms with Gasteiger partial charge in [0.25, 0.3) is 0 Å². The molecule has 28 heavy (non-hydrogen) atoms. The number of piperidine rings is 1. The molecule has 4 rings (SSSR count). The largest absolute Gasteiger partial charge is 0.324 e. The maximum absolute atomic E-state index is 12.6. The molecule has 2 fully saturated rings. The molecule has 2 aliphatic rings. The van der Waals surface area contributed by atoms with Gasteiger partial charge in [-0.05, 0) is 81.3 Å². The van der Waals surface area contributed by atoms with Gasteiger partial charge in [0.05, 0.1) is 16.2 Å². The summed E-state index contributed by atoms with van der Waals surface area (Å²) in [7, 11) is 0. The van der Waals surface area contributed by atoms with Crippen LogP contribution in [0.5, 0.6) is 0 Å². The zero-order chi connectivity index (χ0) is 19.3. The first-order valence-corrected chi connectivity index (χ1v) is 11.2. The summed E-state index contributed by atoms with van der Waals surface area (Å²) < 4.78 is 0. The third-order valence-electron chi connectivity index (χ3n) is 6.30. The van der Waals surface area contributed by atoms with Crippen molar-refractivity contribution in [2.24, 2.45) is 11.8 Å². The molecular formula is C23H30ClN3O. The van der Waals surface area contributed by atoms with Crippen LogP contribution in [0.3, 0.4) is 0 Å². The smallest absolute Gasteiger partial charge is 0.224 e. The molecule has 150 valence electrons. The number of aromatic nitrogens is 1. The second kappa shape index (κ2) is 9.23. The van der Waals surface area contributed by atoms with Crippen molar-refractivity contribution < 1.29 is 4.79 Å². The van der Waals surface area contributed by atoms with Crippen LogP contribution in [0.4, 0.5) is 5.69 Å². The molecule has 2 heterocycles. The first-order chi connectivity index (χ1) is 13.7. The fraction of sp³-hybridized carbons (Fsp3) is 0.565. The van der Waals surface area contributed by atoms with E-state index in [0.29, 0.717) is 29.0 Å². The number of fused-ring (bicyclic) bond motifs is 1. The Balaban J connectivity index is 1.49. The number of carbonyl (C=O) groups excluding carboxylic acids is 1. The van der Waals surface area contributed by atoms with E-state index in [1.54, 1.807) is 0 Å². The van der Waals surface area contributed by atoms with Crippen molar-refractivity contribution >= 4 is 34.1 Å². The van der Waals surface area contributed by atoms with Gasteiger partial charge in [-0.1, -0.05) is 30.9 Å². The number of hydrogen-bond donors (Lipinski definition) is 2. The molecular weight excluding hydrogens is 370 g/mol. The highest BCUT2D eigenvalue weighted by molar-refractivity contribution is 6.35. The lowest BCUT2D eigenvalue weighted by atomic mass is 9.87. The highest BCUT2D eigenvalue weighted by Crippen LogP contribution is 2.32. The Morgan fingerprint density at radius 3 is 2.61 bits per heavy atom. The van der Waals surface area contributed by atoms with Crippen LogP contribution >= 0.6 is 11.6 Å². The molecule has 0 unspecified atom stereocenters. The monoisotopic (exact) mass is 399 g/mol. The molecule has 2 N–H and O–H groups in total. The highest BCUT2D eigenvalue weighted by atomic mass is 35.5. The highest BCUT2D eigenvalue weighted by Gasteiger charge is 2.19. The summed E-state index contributed by atoms with van der Waals surface area (Å²) in [6, 6.07) is 7.97. The molecule has 1 aromatic heterocycles. The van der Waals surface area contributed by atoms with Crippen LogP contribution in [0.25, 0.3) is 10.9 Å². The van der Waals surface area contributed by atoms with Crippen LogP contribution in [-0.2, 0) is 11.2 Å². The quantitative estimate of drug-likeness (QED) is 0.713. The summed E-state index contributed by atoms with van der Waals surface area (Å²) in [4.78, 5) is 17.5. The van der Waals surface area contributed by atoms with Gasteiger partial charge >= 0.3 is 0 Å². The average Bonchev–Trinajstić information content (AvgIpc) is 2.72. The molecule has 0 atom stereocenters. The van der Waals surface area contributed by atoms with E-state index in [0.717, 1.165) is 48.9 Å². The second-order valence-electron chi connectivity index (χ2n) is 8.45. The minimum atomic E-state index is 0.0695. The molecule has 1 aromatic carbocycles. The van der Waals surface area contributed by atoms with Gasteiger partial charge in [0.2, 0.25) is 5.91 Å². The molecule has 1 aliphatic carbocycles. The van der Waals surface area contributed by atoms with Crippen LogP contribution in [-0.4, -0.2) is 24.0 Å². The van der Waals surface area contributed by atoms with Gasteiger partial charge < -0.3 is 10.6 Å². The van der Waals surface area contributed by atoms with Gasteiger partial charge in [-0.2, -0.15) is 0 Å². The maximum Gasteiger partial charge on any atom is 0.224 e. The topological polar surface area (TPSA) is 54.0 Å². The minimum absolute atomic E-state index is 0.0695.